The minimum atomic E-state index is -1.63. The molecule has 2 aromatic heterocycles. The van der Waals surface area contributed by atoms with E-state index in [-0.39, 0.29) is 11.4 Å². The topological polar surface area (TPSA) is 69.0 Å². The number of halogens is 1. The third kappa shape index (κ3) is 4.55. The standard InChI is InChI=1S/C24H29FN4O2/c1-15-8-10-17(11-9-15)29-14-16-12-20(21(31-4)13-19(16)28-29)27-23(30)18-6-5-7-22(26-18)24(2,3)25/h5-7,12-15,17H,8-11H2,1-4H3,(H,27,30)/t15-,17-. The summed E-state index contributed by atoms with van der Waals surface area (Å²) in [7, 11) is 1.56. The number of ether oxygens (including phenoxy) is 1. The number of amides is 1. The molecular weight excluding hydrogens is 395 g/mol. The van der Waals surface area contributed by atoms with Crippen LogP contribution in [0.2, 0.25) is 0 Å². The number of hydrogen-bond donors (Lipinski definition) is 1. The quantitative estimate of drug-likeness (QED) is 0.575. The molecule has 7 heteroatoms. The first-order chi connectivity index (χ1) is 14.7. The molecule has 0 spiro atoms. The number of carbonyl (C=O) groups excluding carboxylic acids is 1. The zero-order chi connectivity index (χ0) is 22.2. The maximum atomic E-state index is 14.2. The van der Waals surface area contributed by atoms with E-state index in [0.29, 0.717) is 17.5 Å². The summed E-state index contributed by atoms with van der Waals surface area (Å²) in [6.07, 6.45) is 6.72. The second-order valence-corrected chi connectivity index (χ2v) is 8.97. The largest absolute Gasteiger partial charge is 0.494 e. The molecule has 1 fully saturated rings. The second-order valence-electron chi connectivity index (χ2n) is 8.97. The Hall–Kier alpha value is -2.96. The zero-order valence-electron chi connectivity index (χ0n) is 18.5. The summed E-state index contributed by atoms with van der Waals surface area (Å²) in [5.41, 5.74) is 0.0950. The van der Waals surface area contributed by atoms with E-state index < -0.39 is 11.6 Å². The van der Waals surface area contributed by atoms with Gasteiger partial charge in [0.25, 0.3) is 5.91 Å². The summed E-state index contributed by atoms with van der Waals surface area (Å²) in [6, 6.07) is 8.88. The van der Waals surface area contributed by atoms with Crippen molar-refractivity contribution in [1.29, 1.82) is 0 Å². The maximum Gasteiger partial charge on any atom is 0.274 e. The van der Waals surface area contributed by atoms with Crippen molar-refractivity contribution in [3.05, 3.63) is 47.9 Å². The Bertz CT molecular complexity index is 1090. The molecule has 3 aromatic rings. The molecule has 0 unspecified atom stereocenters. The van der Waals surface area contributed by atoms with Crippen LogP contribution in [0.25, 0.3) is 10.9 Å². The normalized spacial score (nSPS) is 19.4. The number of hydrogen-bond acceptors (Lipinski definition) is 4. The number of anilines is 1. The molecular formula is C24H29FN4O2. The molecule has 1 aliphatic carbocycles. The van der Waals surface area contributed by atoms with E-state index >= 15 is 0 Å². The van der Waals surface area contributed by atoms with Gasteiger partial charge < -0.3 is 10.1 Å². The number of methoxy groups -OCH3 is 1. The Morgan fingerprint density at radius 3 is 2.65 bits per heavy atom. The first kappa shape index (κ1) is 21.3. The van der Waals surface area contributed by atoms with Gasteiger partial charge in [0.05, 0.1) is 30.0 Å². The molecule has 0 saturated heterocycles. The molecule has 0 radical (unpaired) electrons. The fourth-order valence-corrected chi connectivity index (χ4v) is 4.11. The predicted molar refractivity (Wildman–Crippen MR) is 119 cm³/mol. The lowest BCUT2D eigenvalue weighted by Gasteiger charge is -2.26. The predicted octanol–water partition coefficient (Wildman–Crippen LogP) is 5.65. The average molecular weight is 425 g/mol. The first-order valence-electron chi connectivity index (χ1n) is 10.8. The maximum absolute atomic E-state index is 14.2. The fourth-order valence-electron chi connectivity index (χ4n) is 4.11. The van der Waals surface area contributed by atoms with Gasteiger partial charge in [-0.05, 0) is 63.6 Å². The third-order valence-electron chi connectivity index (χ3n) is 6.04. The Morgan fingerprint density at radius 1 is 1.23 bits per heavy atom. The number of carbonyl (C=O) groups is 1. The van der Waals surface area contributed by atoms with Crippen molar-refractivity contribution >= 4 is 22.5 Å². The lowest BCUT2D eigenvalue weighted by molar-refractivity contribution is 0.102. The molecule has 1 N–H and O–H groups in total. The van der Waals surface area contributed by atoms with Gasteiger partial charge in [-0.25, -0.2) is 9.37 Å². The molecule has 164 valence electrons. The van der Waals surface area contributed by atoms with E-state index in [4.69, 9.17) is 9.84 Å². The van der Waals surface area contributed by atoms with E-state index in [9.17, 15) is 9.18 Å². The van der Waals surface area contributed by atoms with Crippen molar-refractivity contribution in [2.75, 3.05) is 12.4 Å². The van der Waals surface area contributed by atoms with Crippen LogP contribution in [0, 0.1) is 5.92 Å². The number of pyridine rings is 1. The summed E-state index contributed by atoms with van der Waals surface area (Å²) >= 11 is 0. The lowest BCUT2D eigenvalue weighted by atomic mass is 9.87. The number of aromatic nitrogens is 3. The van der Waals surface area contributed by atoms with Crippen LogP contribution < -0.4 is 10.1 Å². The molecule has 6 nitrogen and oxygen atoms in total. The molecule has 2 heterocycles. The molecule has 4 rings (SSSR count). The van der Waals surface area contributed by atoms with Gasteiger partial charge in [0.2, 0.25) is 0 Å². The molecule has 1 amide bonds. The van der Waals surface area contributed by atoms with Gasteiger partial charge in [-0.1, -0.05) is 13.0 Å². The van der Waals surface area contributed by atoms with Crippen LogP contribution in [-0.2, 0) is 5.67 Å². The van der Waals surface area contributed by atoms with Gasteiger partial charge in [-0.3, -0.25) is 9.48 Å². The van der Waals surface area contributed by atoms with Crippen LogP contribution in [0.3, 0.4) is 0 Å². The summed E-state index contributed by atoms with van der Waals surface area (Å²) in [4.78, 5) is 17.0. The Labute approximate surface area is 181 Å². The van der Waals surface area contributed by atoms with Crippen LogP contribution in [-0.4, -0.2) is 27.8 Å². The first-order valence-corrected chi connectivity index (χ1v) is 10.8. The smallest absolute Gasteiger partial charge is 0.274 e. The fraction of sp³-hybridized carbons (Fsp3) is 0.458. The zero-order valence-corrected chi connectivity index (χ0v) is 18.5. The molecule has 0 aliphatic heterocycles. The van der Waals surface area contributed by atoms with E-state index in [1.54, 1.807) is 25.3 Å². The molecule has 1 aromatic carbocycles. The SMILES string of the molecule is COc1cc2nn([C@H]3CC[C@H](C)CC3)cc2cc1NC(=O)c1cccc(C(C)(C)F)n1. The summed E-state index contributed by atoms with van der Waals surface area (Å²) in [5.74, 6) is 0.876. The molecule has 0 atom stereocenters. The van der Waals surface area contributed by atoms with Crippen LogP contribution in [0.1, 0.15) is 68.7 Å². The Kier molecular flexibility index (Phi) is 5.69. The highest BCUT2D eigenvalue weighted by molar-refractivity contribution is 6.05. The number of nitrogens with zero attached hydrogens (tertiary/aromatic N) is 3. The average Bonchev–Trinajstić information content (AvgIpc) is 3.16. The highest BCUT2D eigenvalue weighted by atomic mass is 19.1. The summed E-state index contributed by atoms with van der Waals surface area (Å²) in [6.45, 7) is 5.13. The van der Waals surface area contributed by atoms with Crippen molar-refractivity contribution in [1.82, 2.24) is 14.8 Å². The van der Waals surface area contributed by atoms with Gasteiger partial charge in [0, 0.05) is 17.6 Å². The van der Waals surface area contributed by atoms with Crippen molar-refractivity contribution in [2.45, 2.75) is 58.2 Å². The van der Waals surface area contributed by atoms with Gasteiger partial charge in [0.1, 0.15) is 17.1 Å². The van der Waals surface area contributed by atoms with Crippen LogP contribution in [0.4, 0.5) is 10.1 Å². The number of fused-ring (bicyclic) bond motifs is 1. The monoisotopic (exact) mass is 424 g/mol. The Morgan fingerprint density at radius 2 is 1.97 bits per heavy atom. The van der Waals surface area contributed by atoms with Crippen molar-refractivity contribution < 1.29 is 13.9 Å². The van der Waals surface area contributed by atoms with E-state index in [0.717, 1.165) is 29.7 Å². The van der Waals surface area contributed by atoms with E-state index in [1.165, 1.54) is 26.7 Å². The van der Waals surface area contributed by atoms with Gasteiger partial charge in [0.15, 0.2) is 0 Å². The molecule has 1 aliphatic rings. The summed E-state index contributed by atoms with van der Waals surface area (Å²) in [5, 5.41) is 8.55. The van der Waals surface area contributed by atoms with Crippen molar-refractivity contribution in [3.8, 4) is 5.75 Å². The highest BCUT2D eigenvalue weighted by Crippen LogP contribution is 2.35. The number of alkyl halides is 1. The number of nitrogens with one attached hydrogen (secondary N) is 1. The van der Waals surface area contributed by atoms with Crippen LogP contribution >= 0.6 is 0 Å². The third-order valence-corrected chi connectivity index (χ3v) is 6.04. The number of rotatable bonds is 5. The minimum Gasteiger partial charge on any atom is -0.494 e. The van der Waals surface area contributed by atoms with Gasteiger partial charge in [-0.15, -0.1) is 0 Å². The molecule has 1 saturated carbocycles. The van der Waals surface area contributed by atoms with Crippen LogP contribution in [0.5, 0.6) is 5.75 Å². The van der Waals surface area contributed by atoms with Crippen molar-refractivity contribution in [3.63, 3.8) is 0 Å². The second kappa shape index (κ2) is 8.29. The molecule has 31 heavy (non-hydrogen) atoms. The highest BCUT2D eigenvalue weighted by Gasteiger charge is 2.23. The molecule has 0 bridgehead atoms. The summed E-state index contributed by atoms with van der Waals surface area (Å²) < 4.78 is 21.8. The van der Waals surface area contributed by atoms with E-state index in [2.05, 4.69) is 21.9 Å². The van der Waals surface area contributed by atoms with Crippen molar-refractivity contribution in [2.24, 2.45) is 5.92 Å². The Balaban J connectivity index is 1.60. The van der Waals surface area contributed by atoms with Gasteiger partial charge >= 0.3 is 0 Å². The van der Waals surface area contributed by atoms with Gasteiger partial charge in [-0.2, -0.15) is 5.10 Å². The minimum absolute atomic E-state index is 0.150. The van der Waals surface area contributed by atoms with Crippen LogP contribution in [0.15, 0.2) is 36.5 Å². The number of benzene rings is 1. The van der Waals surface area contributed by atoms with E-state index in [1.807, 2.05) is 18.3 Å². The lowest BCUT2D eigenvalue weighted by Crippen LogP contribution is -2.18.